The molecule has 2 heteroatoms. The highest BCUT2D eigenvalue weighted by Crippen LogP contribution is 2.48. The molecule has 3 unspecified atom stereocenters. The number of benzene rings is 1. The van der Waals surface area contributed by atoms with Crippen molar-refractivity contribution in [3.8, 4) is 5.75 Å². The van der Waals surface area contributed by atoms with Crippen molar-refractivity contribution in [3.63, 3.8) is 0 Å². The number of ether oxygens (including phenoxy) is 1. The van der Waals surface area contributed by atoms with Crippen LogP contribution in [0.5, 0.6) is 5.75 Å². The fourth-order valence-electron chi connectivity index (χ4n) is 3.49. The molecule has 1 saturated carbocycles. The summed E-state index contributed by atoms with van der Waals surface area (Å²) in [5.74, 6) is 1.84. The maximum atomic E-state index is 6.31. The van der Waals surface area contributed by atoms with Crippen LogP contribution in [0.15, 0.2) is 24.3 Å². The average molecular weight is 231 g/mol. The third-order valence-electron chi connectivity index (χ3n) is 4.48. The minimum Gasteiger partial charge on any atom is -0.487 e. The molecule has 1 aromatic carbocycles. The first-order valence-corrected chi connectivity index (χ1v) is 6.76. The summed E-state index contributed by atoms with van der Waals surface area (Å²) in [7, 11) is 0. The number of fused-ring (bicyclic) bond motifs is 1. The molecule has 1 aliphatic heterocycles. The molecular weight excluding hydrogens is 210 g/mol. The molecule has 3 rings (SSSR count). The minimum absolute atomic E-state index is 0.0362. The first kappa shape index (κ1) is 11.1. The number of hydrogen-bond donors (Lipinski definition) is 1. The molecule has 3 atom stereocenters. The van der Waals surface area contributed by atoms with E-state index in [4.69, 9.17) is 10.5 Å². The van der Waals surface area contributed by atoms with E-state index in [1.807, 2.05) is 12.1 Å². The van der Waals surface area contributed by atoms with Crippen molar-refractivity contribution in [2.45, 2.75) is 50.7 Å². The zero-order valence-electron chi connectivity index (χ0n) is 10.5. The van der Waals surface area contributed by atoms with Crippen molar-refractivity contribution in [1.82, 2.24) is 0 Å². The Morgan fingerprint density at radius 1 is 1.35 bits per heavy atom. The molecule has 2 aliphatic rings. The third-order valence-corrected chi connectivity index (χ3v) is 4.48. The van der Waals surface area contributed by atoms with Gasteiger partial charge in [-0.25, -0.2) is 0 Å². The molecule has 1 aliphatic carbocycles. The summed E-state index contributed by atoms with van der Waals surface area (Å²) in [5, 5.41) is 0. The van der Waals surface area contributed by atoms with E-state index in [-0.39, 0.29) is 11.6 Å². The van der Waals surface area contributed by atoms with E-state index >= 15 is 0 Å². The van der Waals surface area contributed by atoms with Crippen molar-refractivity contribution in [1.29, 1.82) is 0 Å². The van der Waals surface area contributed by atoms with Gasteiger partial charge in [-0.2, -0.15) is 0 Å². The highest BCUT2D eigenvalue weighted by molar-refractivity contribution is 5.38. The van der Waals surface area contributed by atoms with Crippen LogP contribution in [0.2, 0.25) is 0 Å². The van der Waals surface area contributed by atoms with E-state index < -0.39 is 0 Å². The lowest BCUT2D eigenvalue weighted by Crippen LogP contribution is -2.40. The minimum atomic E-state index is 0.0362. The Labute approximate surface area is 103 Å². The fourth-order valence-corrected chi connectivity index (χ4v) is 3.49. The average Bonchev–Trinajstić information content (AvgIpc) is 2.72. The van der Waals surface area contributed by atoms with Crippen LogP contribution in [0.1, 0.15) is 50.6 Å². The van der Waals surface area contributed by atoms with E-state index in [0.29, 0.717) is 0 Å². The van der Waals surface area contributed by atoms with Crippen LogP contribution in [-0.2, 0) is 0 Å². The number of para-hydroxylation sites is 1. The molecule has 0 aromatic heterocycles. The maximum Gasteiger partial charge on any atom is 0.124 e. The molecule has 0 radical (unpaired) electrons. The lowest BCUT2D eigenvalue weighted by Gasteiger charge is -2.39. The van der Waals surface area contributed by atoms with Crippen molar-refractivity contribution >= 4 is 0 Å². The molecule has 2 nitrogen and oxygen atoms in total. The summed E-state index contributed by atoms with van der Waals surface area (Å²) in [6, 6.07) is 8.39. The first-order chi connectivity index (χ1) is 8.22. The summed E-state index contributed by atoms with van der Waals surface area (Å²) in [5.41, 5.74) is 7.52. The molecule has 17 heavy (non-hydrogen) atoms. The van der Waals surface area contributed by atoms with Gasteiger partial charge in [-0.15, -0.1) is 0 Å². The van der Waals surface area contributed by atoms with Crippen LogP contribution >= 0.6 is 0 Å². The Morgan fingerprint density at radius 3 is 2.94 bits per heavy atom. The van der Waals surface area contributed by atoms with Crippen molar-refractivity contribution in [2.24, 2.45) is 11.7 Å². The standard InChI is InChI=1S/C15H21NO/c1-2-11-7-8-15(9-11)10-13(16)12-5-3-4-6-14(12)17-15/h3-6,11,13H,2,7-10,16H2,1H3. The SMILES string of the molecule is CCC1CCC2(C1)CC(N)c1ccccc1O2. The summed E-state index contributed by atoms with van der Waals surface area (Å²) >= 11 is 0. The van der Waals surface area contributed by atoms with Gasteiger partial charge >= 0.3 is 0 Å². The first-order valence-electron chi connectivity index (χ1n) is 6.76. The lowest BCUT2D eigenvalue weighted by atomic mass is 9.85. The normalized spacial score (nSPS) is 35.6. The van der Waals surface area contributed by atoms with Gasteiger partial charge in [0.2, 0.25) is 0 Å². The predicted octanol–water partition coefficient (Wildman–Crippen LogP) is 3.42. The fraction of sp³-hybridized carbons (Fsp3) is 0.600. The van der Waals surface area contributed by atoms with Crippen molar-refractivity contribution < 1.29 is 4.74 Å². The molecular formula is C15H21NO. The van der Waals surface area contributed by atoms with Gasteiger partial charge in [0.25, 0.3) is 0 Å². The van der Waals surface area contributed by atoms with Crippen LogP contribution < -0.4 is 10.5 Å². The summed E-state index contributed by atoms with van der Waals surface area (Å²) < 4.78 is 6.30. The van der Waals surface area contributed by atoms with E-state index in [0.717, 1.165) is 18.1 Å². The molecule has 92 valence electrons. The van der Waals surface area contributed by atoms with Gasteiger partial charge in [-0.05, 0) is 31.2 Å². The van der Waals surface area contributed by atoms with E-state index in [9.17, 15) is 0 Å². The smallest absolute Gasteiger partial charge is 0.124 e. The monoisotopic (exact) mass is 231 g/mol. The quantitative estimate of drug-likeness (QED) is 0.803. The van der Waals surface area contributed by atoms with Gasteiger partial charge in [0.05, 0.1) is 0 Å². The Hall–Kier alpha value is -1.02. The van der Waals surface area contributed by atoms with Gasteiger partial charge < -0.3 is 10.5 Å². The maximum absolute atomic E-state index is 6.31. The highest BCUT2D eigenvalue weighted by Gasteiger charge is 2.44. The Kier molecular flexibility index (Phi) is 2.62. The molecule has 0 saturated heterocycles. The third kappa shape index (κ3) is 1.85. The highest BCUT2D eigenvalue weighted by atomic mass is 16.5. The second-order valence-electron chi connectivity index (χ2n) is 5.65. The Morgan fingerprint density at radius 2 is 2.18 bits per heavy atom. The largest absolute Gasteiger partial charge is 0.487 e. The lowest BCUT2D eigenvalue weighted by molar-refractivity contribution is 0.0385. The molecule has 2 N–H and O–H groups in total. The molecule has 1 fully saturated rings. The molecule has 1 heterocycles. The second-order valence-corrected chi connectivity index (χ2v) is 5.65. The number of nitrogens with two attached hydrogens (primary N) is 1. The van der Waals surface area contributed by atoms with Crippen LogP contribution in [0.25, 0.3) is 0 Å². The predicted molar refractivity (Wildman–Crippen MR) is 69.0 cm³/mol. The van der Waals surface area contributed by atoms with Crippen LogP contribution in [0.4, 0.5) is 0 Å². The molecule has 0 amide bonds. The van der Waals surface area contributed by atoms with Gasteiger partial charge in [0.1, 0.15) is 11.4 Å². The topological polar surface area (TPSA) is 35.2 Å². The summed E-state index contributed by atoms with van der Waals surface area (Å²) in [4.78, 5) is 0. The van der Waals surface area contributed by atoms with Crippen LogP contribution in [-0.4, -0.2) is 5.60 Å². The van der Waals surface area contributed by atoms with Crippen LogP contribution in [0.3, 0.4) is 0 Å². The van der Waals surface area contributed by atoms with Gasteiger partial charge in [-0.1, -0.05) is 31.5 Å². The van der Waals surface area contributed by atoms with Crippen molar-refractivity contribution in [2.75, 3.05) is 0 Å². The molecule has 1 aromatic rings. The van der Waals surface area contributed by atoms with E-state index in [1.54, 1.807) is 0 Å². The van der Waals surface area contributed by atoms with Gasteiger partial charge in [0, 0.05) is 18.0 Å². The molecule has 0 bridgehead atoms. The Bertz CT molecular complexity index is 417. The summed E-state index contributed by atoms with van der Waals surface area (Å²) in [6.07, 6.45) is 5.91. The Balaban J connectivity index is 1.89. The van der Waals surface area contributed by atoms with Crippen LogP contribution in [0, 0.1) is 5.92 Å². The second kappa shape index (κ2) is 4.02. The number of rotatable bonds is 1. The van der Waals surface area contributed by atoms with Crippen molar-refractivity contribution in [3.05, 3.63) is 29.8 Å². The number of hydrogen-bond acceptors (Lipinski definition) is 2. The summed E-state index contributed by atoms with van der Waals surface area (Å²) in [6.45, 7) is 2.28. The zero-order valence-corrected chi connectivity index (χ0v) is 10.5. The van der Waals surface area contributed by atoms with E-state index in [1.165, 1.54) is 31.2 Å². The zero-order chi connectivity index (χ0) is 11.9. The van der Waals surface area contributed by atoms with E-state index in [2.05, 4.69) is 19.1 Å². The van der Waals surface area contributed by atoms with Gasteiger partial charge in [0.15, 0.2) is 0 Å². The molecule has 1 spiro atoms. The van der Waals surface area contributed by atoms with Gasteiger partial charge in [-0.3, -0.25) is 0 Å².